The number of morpholine rings is 1. The molecule has 0 saturated carbocycles. The average Bonchev–Trinajstić information content (AvgIpc) is 3.13. The smallest absolute Gasteiger partial charge is 0.288 e. The van der Waals surface area contributed by atoms with Gasteiger partial charge in [0, 0.05) is 43.2 Å². The second-order valence-electron chi connectivity index (χ2n) is 7.94. The first-order valence-electron chi connectivity index (χ1n) is 11.2. The Balaban J connectivity index is 1.46. The number of amides is 2. The van der Waals surface area contributed by atoms with Crippen molar-refractivity contribution in [1.82, 2.24) is 9.80 Å². The van der Waals surface area contributed by atoms with E-state index < -0.39 is 11.0 Å². The minimum Gasteiger partial charge on any atom is -0.379 e. The van der Waals surface area contributed by atoms with Gasteiger partial charge in [0.15, 0.2) is 5.17 Å². The number of anilines is 1. The zero-order chi connectivity index (χ0) is 24.6. The number of halogens is 2. The number of para-hydroxylation sites is 1. The molecule has 0 spiro atoms. The Hall–Kier alpha value is -2.47. The van der Waals surface area contributed by atoms with Crippen molar-refractivity contribution in [2.24, 2.45) is 4.99 Å². The summed E-state index contributed by atoms with van der Waals surface area (Å²) in [7, 11) is 0. The van der Waals surface area contributed by atoms with Crippen LogP contribution in [0.4, 0.5) is 20.2 Å². The summed E-state index contributed by atoms with van der Waals surface area (Å²) in [5.41, 5.74) is 1.23. The molecule has 2 amide bonds. The van der Waals surface area contributed by atoms with Crippen LogP contribution >= 0.6 is 23.5 Å². The standard InChI is InChI=1S/C24H26F2N4O3S2/c25-23(26)34-19-8-6-18(7-9-19)28-24-30(11-10-29-12-14-33-15-13-29)22(32)20(35-24)16-21(31)27-17-4-2-1-3-5-17/h1-9,20,23H,10-16H2,(H,27,31). The maximum absolute atomic E-state index is 13.3. The first-order valence-corrected chi connectivity index (χ1v) is 13.0. The highest BCUT2D eigenvalue weighted by molar-refractivity contribution is 8.15. The number of amidine groups is 1. The van der Waals surface area contributed by atoms with Crippen molar-refractivity contribution in [2.75, 3.05) is 44.7 Å². The second kappa shape index (κ2) is 12.5. The molecule has 2 saturated heterocycles. The molecule has 0 bridgehead atoms. The van der Waals surface area contributed by atoms with E-state index in [2.05, 4.69) is 15.2 Å². The maximum atomic E-state index is 13.3. The van der Waals surface area contributed by atoms with Gasteiger partial charge in [0.1, 0.15) is 5.25 Å². The van der Waals surface area contributed by atoms with Crippen molar-refractivity contribution in [3.8, 4) is 0 Å². The number of nitrogens with one attached hydrogen (secondary N) is 1. The minimum absolute atomic E-state index is 0.0232. The molecule has 1 N–H and O–H groups in total. The van der Waals surface area contributed by atoms with Gasteiger partial charge in [-0.05, 0) is 36.4 Å². The normalized spacial score (nSPS) is 20.1. The van der Waals surface area contributed by atoms with Crippen LogP contribution in [0.25, 0.3) is 0 Å². The molecule has 0 aliphatic carbocycles. The van der Waals surface area contributed by atoms with E-state index in [-0.39, 0.29) is 18.2 Å². The number of benzene rings is 2. The lowest BCUT2D eigenvalue weighted by Gasteiger charge is -2.28. The molecule has 1 atom stereocenters. The van der Waals surface area contributed by atoms with Crippen LogP contribution in [-0.2, 0) is 14.3 Å². The van der Waals surface area contributed by atoms with Crippen LogP contribution in [0.15, 0.2) is 64.5 Å². The molecule has 0 aromatic heterocycles. The lowest BCUT2D eigenvalue weighted by molar-refractivity contribution is -0.128. The number of rotatable bonds is 9. The van der Waals surface area contributed by atoms with E-state index >= 15 is 0 Å². The predicted octanol–water partition coefficient (Wildman–Crippen LogP) is 4.29. The van der Waals surface area contributed by atoms with Gasteiger partial charge in [-0.1, -0.05) is 41.7 Å². The summed E-state index contributed by atoms with van der Waals surface area (Å²) >= 11 is 1.73. The molecule has 11 heteroatoms. The van der Waals surface area contributed by atoms with E-state index in [0.29, 0.717) is 59.5 Å². The number of hydrogen-bond acceptors (Lipinski definition) is 7. The molecule has 4 rings (SSSR count). The van der Waals surface area contributed by atoms with Crippen molar-refractivity contribution in [2.45, 2.75) is 22.3 Å². The van der Waals surface area contributed by atoms with Gasteiger partial charge in [-0.25, -0.2) is 4.99 Å². The minimum atomic E-state index is -2.49. The summed E-state index contributed by atoms with van der Waals surface area (Å²) in [6.07, 6.45) is 0.0232. The average molecular weight is 521 g/mol. The summed E-state index contributed by atoms with van der Waals surface area (Å²) in [5, 5.41) is 2.75. The van der Waals surface area contributed by atoms with E-state index in [1.54, 1.807) is 41.3 Å². The molecule has 2 aromatic carbocycles. The summed E-state index contributed by atoms with van der Waals surface area (Å²) in [6, 6.07) is 15.6. The number of alkyl halides is 2. The molecule has 2 aromatic rings. The Kier molecular flexibility index (Phi) is 9.13. The number of hydrogen-bond donors (Lipinski definition) is 1. The SMILES string of the molecule is O=C(CC1SC(=Nc2ccc(SC(F)F)cc2)N(CCN2CCOCC2)C1=O)Nc1ccccc1. The van der Waals surface area contributed by atoms with Crippen LogP contribution < -0.4 is 5.32 Å². The van der Waals surface area contributed by atoms with Crippen molar-refractivity contribution < 1.29 is 23.1 Å². The molecule has 0 radical (unpaired) electrons. The third-order valence-electron chi connectivity index (χ3n) is 5.48. The molecule has 186 valence electrons. The van der Waals surface area contributed by atoms with Gasteiger partial charge < -0.3 is 10.1 Å². The fourth-order valence-corrected chi connectivity index (χ4v) is 5.39. The van der Waals surface area contributed by atoms with Crippen LogP contribution in [-0.4, -0.2) is 77.2 Å². The van der Waals surface area contributed by atoms with Gasteiger partial charge >= 0.3 is 0 Å². The Morgan fingerprint density at radius 2 is 1.83 bits per heavy atom. The van der Waals surface area contributed by atoms with E-state index in [1.807, 2.05) is 18.2 Å². The van der Waals surface area contributed by atoms with Crippen molar-refractivity contribution in [3.63, 3.8) is 0 Å². The third-order valence-corrected chi connectivity index (χ3v) is 7.38. The number of nitrogens with zero attached hydrogens (tertiary/aromatic N) is 3. The number of carbonyl (C=O) groups excluding carboxylic acids is 2. The van der Waals surface area contributed by atoms with Gasteiger partial charge in [0.25, 0.3) is 5.76 Å². The zero-order valence-corrected chi connectivity index (χ0v) is 20.6. The van der Waals surface area contributed by atoms with Crippen LogP contribution in [0.5, 0.6) is 0 Å². The highest BCUT2D eigenvalue weighted by atomic mass is 32.2. The van der Waals surface area contributed by atoms with Crippen LogP contribution in [0.1, 0.15) is 6.42 Å². The maximum Gasteiger partial charge on any atom is 0.288 e. The molecule has 2 heterocycles. The largest absolute Gasteiger partial charge is 0.379 e. The first-order chi connectivity index (χ1) is 17.0. The number of ether oxygens (including phenoxy) is 1. The summed E-state index contributed by atoms with van der Waals surface area (Å²) < 4.78 is 30.6. The topological polar surface area (TPSA) is 74.2 Å². The quantitative estimate of drug-likeness (QED) is 0.497. The molecule has 35 heavy (non-hydrogen) atoms. The number of aliphatic imine (C=N–C) groups is 1. The van der Waals surface area contributed by atoms with Crippen molar-refractivity contribution in [3.05, 3.63) is 54.6 Å². The van der Waals surface area contributed by atoms with Gasteiger partial charge in [0.05, 0.1) is 18.9 Å². The van der Waals surface area contributed by atoms with Gasteiger partial charge in [-0.2, -0.15) is 8.78 Å². The van der Waals surface area contributed by atoms with Crippen LogP contribution in [0.2, 0.25) is 0 Å². The van der Waals surface area contributed by atoms with E-state index in [0.717, 1.165) is 13.1 Å². The molecule has 2 aliphatic rings. The first kappa shape index (κ1) is 25.6. The number of thioether (sulfide) groups is 2. The monoisotopic (exact) mass is 520 g/mol. The zero-order valence-electron chi connectivity index (χ0n) is 18.9. The molecule has 7 nitrogen and oxygen atoms in total. The van der Waals surface area contributed by atoms with Crippen LogP contribution in [0.3, 0.4) is 0 Å². The Morgan fingerprint density at radius 3 is 2.51 bits per heavy atom. The van der Waals surface area contributed by atoms with Gasteiger partial charge in [-0.3, -0.25) is 19.4 Å². The predicted molar refractivity (Wildman–Crippen MR) is 135 cm³/mol. The highest BCUT2D eigenvalue weighted by Gasteiger charge is 2.39. The molecular formula is C24H26F2N4O3S2. The fraction of sp³-hybridized carbons (Fsp3) is 0.375. The van der Waals surface area contributed by atoms with Crippen molar-refractivity contribution in [1.29, 1.82) is 0 Å². The lowest BCUT2D eigenvalue weighted by Crippen LogP contribution is -2.43. The third kappa shape index (κ3) is 7.50. The van der Waals surface area contributed by atoms with Crippen molar-refractivity contribution >= 4 is 51.9 Å². The Bertz CT molecular complexity index is 1030. The fourth-order valence-electron chi connectivity index (χ4n) is 3.71. The lowest BCUT2D eigenvalue weighted by atomic mass is 10.2. The number of carbonyl (C=O) groups is 2. The van der Waals surface area contributed by atoms with E-state index in [1.165, 1.54) is 11.8 Å². The summed E-state index contributed by atoms with van der Waals surface area (Å²) in [6.45, 7) is 4.04. The Labute approximate surface area is 211 Å². The second-order valence-corrected chi connectivity index (χ2v) is 10.2. The highest BCUT2D eigenvalue weighted by Crippen LogP contribution is 2.33. The van der Waals surface area contributed by atoms with E-state index in [9.17, 15) is 18.4 Å². The van der Waals surface area contributed by atoms with Gasteiger partial charge in [0.2, 0.25) is 11.8 Å². The molecule has 1 unspecified atom stereocenters. The van der Waals surface area contributed by atoms with Crippen LogP contribution in [0, 0.1) is 0 Å². The van der Waals surface area contributed by atoms with E-state index in [4.69, 9.17) is 4.74 Å². The summed E-state index contributed by atoms with van der Waals surface area (Å²) in [4.78, 5) is 34.8. The summed E-state index contributed by atoms with van der Waals surface area (Å²) in [5.74, 6) is -2.89. The van der Waals surface area contributed by atoms with Gasteiger partial charge in [-0.15, -0.1) is 0 Å². The Morgan fingerprint density at radius 1 is 1.11 bits per heavy atom. The molecule has 2 fully saturated rings. The molecule has 2 aliphatic heterocycles. The molecular weight excluding hydrogens is 494 g/mol.